The van der Waals surface area contributed by atoms with Crippen LogP contribution in [-0.2, 0) is 10.0 Å². The van der Waals surface area contributed by atoms with Crippen LogP contribution in [0.5, 0.6) is 0 Å². The lowest BCUT2D eigenvalue weighted by molar-refractivity contribution is 0.540. The second-order valence-corrected chi connectivity index (χ2v) is 8.78. The number of aryl methyl sites for hydroxylation is 2. The molecule has 122 valence electrons. The van der Waals surface area contributed by atoms with Crippen molar-refractivity contribution in [3.63, 3.8) is 0 Å². The van der Waals surface area contributed by atoms with Gasteiger partial charge in [-0.3, -0.25) is 0 Å². The van der Waals surface area contributed by atoms with Gasteiger partial charge in [0.2, 0.25) is 10.0 Å². The second kappa shape index (κ2) is 5.93. The molecular formula is C18H20ClNO2S. The summed E-state index contributed by atoms with van der Waals surface area (Å²) in [7, 11) is -3.61. The predicted molar refractivity (Wildman–Crippen MR) is 93.2 cm³/mol. The Labute approximate surface area is 142 Å². The summed E-state index contributed by atoms with van der Waals surface area (Å²) in [5.74, 6) is 0. The lowest BCUT2D eigenvalue weighted by Crippen LogP contribution is -2.35. The van der Waals surface area contributed by atoms with Crippen molar-refractivity contribution < 1.29 is 8.42 Å². The number of alkyl halides is 1. The van der Waals surface area contributed by atoms with Gasteiger partial charge in [0.1, 0.15) is 0 Å². The number of hydrogen-bond donors (Lipinski definition) is 1. The van der Waals surface area contributed by atoms with Crippen LogP contribution in [-0.4, -0.2) is 13.3 Å². The van der Waals surface area contributed by atoms with E-state index in [1.165, 1.54) is 0 Å². The minimum atomic E-state index is -3.61. The third-order valence-corrected chi connectivity index (χ3v) is 6.29. The molecule has 23 heavy (non-hydrogen) atoms. The van der Waals surface area contributed by atoms with E-state index in [1.807, 2.05) is 38.1 Å². The van der Waals surface area contributed by atoms with E-state index in [1.54, 1.807) is 24.3 Å². The lowest BCUT2D eigenvalue weighted by Gasteiger charge is -2.24. The summed E-state index contributed by atoms with van der Waals surface area (Å²) in [5.41, 5.74) is 3.06. The first-order valence-electron chi connectivity index (χ1n) is 7.65. The molecule has 0 bridgehead atoms. The molecule has 1 aliphatic rings. The molecular weight excluding hydrogens is 330 g/mol. The van der Waals surface area contributed by atoms with Gasteiger partial charge in [-0.25, -0.2) is 13.1 Å². The average Bonchev–Trinajstić information content (AvgIpc) is 3.25. The Hall–Kier alpha value is -1.36. The van der Waals surface area contributed by atoms with Crippen molar-refractivity contribution in [1.29, 1.82) is 0 Å². The minimum absolute atomic E-state index is 0.265. The number of nitrogens with one attached hydrogen (secondary N) is 1. The van der Waals surface area contributed by atoms with Crippen molar-refractivity contribution in [3.8, 4) is 0 Å². The fourth-order valence-electron chi connectivity index (χ4n) is 2.58. The summed E-state index contributed by atoms with van der Waals surface area (Å²) >= 11 is 6.58. The molecule has 0 spiro atoms. The molecule has 1 fully saturated rings. The molecule has 3 rings (SSSR count). The summed E-state index contributed by atoms with van der Waals surface area (Å²) < 4.78 is 28.2. The maximum atomic E-state index is 12.7. The monoisotopic (exact) mass is 349 g/mol. The molecule has 0 radical (unpaired) electrons. The molecule has 0 amide bonds. The van der Waals surface area contributed by atoms with Crippen LogP contribution < -0.4 is 4.72 Å². The van der Waals surface area contributed by atoms with Gasteiger partial charge in [-0.1, -0.05) is 47.5 Å². The van der Waals surface area contributed by atoms with E-state index in [0.717, 1.165) is 29.5 Å². The van der Waals surface area contributed by atoms with Crippen LogP contribution in [0.4, 0.5) is 0 Å². The standard InChI is InChI=1S/C18H20ClNO2S/c1-13-3-7-15(8-4-13)17(18(19)11-12-18)20-23(21,22)16-9-5-14(2)6-10-16/h3-10,17,20H,11-12H2,1-2H3. The second-order valence-electron chi connectivity index (χ2n) is 6.31. The van der Waals surface area contributed by atoms with E-state index < -0.39 is 20.9 Å². The summed E-state index contributed by atoms with van der Waals surface area (Å²) in [4.78, 5) is -0.256. The van der Waals surface area contributed by atoms with Crippen LogP contribution in [0.1, 0.15) is 35.6 Å². The smallest absolute Gasteiger partial charge is 0.207 e. The van der Waals surface area contributed by atoms with Crippen LogP contribution in [0, 0.1) is 13.8 Å². The number of rotatable bonds is 5. The molecule has 1 aliphatic carbocycles. The van der Waals surface area contributed by atoms with Gasteiger partial charge in [0.25, 0.3) is 0 Å². The third-order valence-electron chi connectivity index (χ3n) is 4.26. The Morgan fingerprint density at radius 3 is 1.91 bits per heavy atom. The van der Waals surface area contributed by atoms with Gasteiger partial charge in [0, 0.05) is 0 Å². The maximum Gasteiger partial charge on any atom is 0.241 e. The quantitative estimate of drug-likeness (QED) is 0.826. The van der Waals surface area contributed by atoms with Crippen molar-refractivity contribution >= 4 is 21.6 Å². The van der Waals surface area contributed by atoms with E-state index in [9.17, 15) is 8.42 Å². The van der Waals surface area contributed by atoms with Crippen LogP contribution >= 0.6 is 11.6 Å². The highest BCUT2D eigenvalue weighted by Crippen LogP contribution is 2.52. The first-order chi connectivity index (χ1) is 10.8. The zero-order valence-electron chi connectivity index (χ0n) is 13.2. The van der Waals surface area contributed by atoms with Crippen LogP contribution in [0.15, 0.2) is 53.4 Å². The lowest BCUT2D eigenvalue weighted by atomic mass is 10.0. The number of benzene rings is 2. The highest BCUT2D eigenvalue weighted by molar-refractivity contribution is 7.89. The molecule has 1 unspecified atom stereocenters. The average molecular weight is 350 g/mol. The Morgan fingerprint density at radius 2 is 1.43 bits per heavy atom. The molecule has 0 aromatic heterocycles. The van der Waals surface area contributed by atoms with Gasteiger partial charge in [0.15, 0.2) is 0 Å². The number of hydrogen-bond acceptors (Lipinski definition) is 2. The van der Waals surface area contributed by atoms with Gasteiger partial charge >= 0.3 is 0 Å². The Kier molecular flexibility index (Phi) is 4.25. The zero-order valence-corrected chi connectivity index (χ0v) is 14.8. The van der Waals surface area contributed by atoms with Gasteiger partial charge in [-0.05, 0) is 44.4 Å². The largest absolute Gasteiger partial charge is 0.241 e. The van der Waals surface area contributed by atoms with Gasteiger partial charge in [0.05, 0.1) is 15.8 Å². The van der Waals surface area contributed by atoms with Crippen LogP contribution in [0.2, 0.25) is 0 Å². The molecule has 0 aliphatic heterocycles. The van der Waals surface area contributed by atoms with Crippen molar-refractivity contribution in [3.05, 3.63) is 65.2 Å². The summed E-state index contributed by atoms with van der Waals surface area (Å²) in [6.07, 6.45) is 1.62. The van der Waals surface area contributed by atoms with Crippen molar-refractivity contribution in [2.75, 3.05) is 0 Å². The topological polar surface area (TPSA) is 46.2 Å². The first kappa shape index (κ1) is 16.5. The highest BCUT2D eigenvalue weighted by atomic mass is 35.5. The van der Waals surface area contributed by atoms with E-state index in [4.69, 9.17) is 11.6 Å². The molecule has 1 atom stereocenters. The van der Waals surface area contributed by atoms with E-state index in [2.05, 4.69) is 4.72 Å². The Bertz CT molecular complexity index is 794. The summed E-state index contributed by atoms with van der Waals surface area (Å²) in [6.45, 7) is 3.93. The Morgan fingerprint density at radius 1 is 0.957 bits per heavy atom. The third kappa shape index (κ3) is 3.60. The van der Waals surface area contributed by atoms with Crippen molar-refractivity contribution in [2.24, 2.45) is 0 Å². The minimum Gasteiger partial charge on any atom is -0.207 e. The molecule has 2 aromatic carbocycles. The van der Waals surface area contributed by atoms with Crippen molar-refractivity contribution in [2.45, 2.75) is 42.5 Å². The van der Waals surface area contributed by atoms with Gasteiger partial charge in [-0.15, -0.1) is 11.6 Å². The molecule has 0 saturated heterocycles. The highest BCUT2D eigenvalue weighted by Gasteiger charge is 2.50. The maximum absolute atomic E-state index is 12.7. The molecule has 1 N–H and O–H groups in total. The van der Waals surface area contributed by atoms with E-state index >= 15 is 0 Å². The van der Waals surface area contributed by atoms with E-state index in [-0.39, 0.29) is 4.90 Å². The van der Waals surface area contributed by atoms with Crippen molar-refractivity contribution in [1.82, 2.24) is 4.72 Å². The van der Waals surface area contributed by atoms with Gasteiger partial charge < -0.3 is 0 Å². The predicted octanol–water partition coefficient (Wildman–Crippen LogP) is 4.09. The molecule has 0 heterocycles. The summed E-state index contributed by atoms with van der Waals surface area (Å²) in [6, 6.07) is 14.3. The molecule has 2 aromatic rings. The van der Waals surface area contributed by atoms with Crippen LogP contribution in [0.25, 0.3) is 0 Å². The Balaban J connectivity index is 1.92. The SMILES string of the molecule is Cc1ccc(C(NS(=O)(=O)c2ccc(C)cc2)C2(Cl)CC2)cc1. The zero-order chi connectivity index (χ0) is 16.7. The fraction of sp³-hybridized carbons (Fsp3) is 0.333. The number of sulfonamides is 1. The molecule has 1 saturated carbocycles. The molecule has 3 nitrogen and oxygen atoms in total. The van der Waals surface area contributed by atoms with Gasteiger partial charge in [-0.2, -0.15) is 0 Å². The molecule has 5 heteroatoms. The number of halogens is 1. The normalized spacial score (nSPS) is 17.7. The van der Waals surface area contributed by atoms with Crippen LogP contribution in [0.3, 0.4) is 0 Å². The van der Waals surface area contributed by atoms with E-state index in [0.29, 0.717) is 0 Å². The summed E-state index contributed by atoms with van der Waals surface area (Å²) in [5, 5.41) is 0. The fourth-order valence-corrected chi connectivity index (χ4v) is 4.22. The first-order valence-corrected chi connectivity index (χ1v) is 9.51.